The van der Waals surface area contributed by atoms with E-state index in [-0.39, 0.29) is 5.95 Å². The Balaban J connectivity index is 1.76. The Morgan fingerprint density at radius 1 is 1.03 bits per heavy atom. The van der Waals surface area contributed by atoms with Crippen LogP contribution in [0.5, 0.6) is 0 Å². The minimum Gasteiger partial charge on any atom is -0.383 e. The van der Waals surface area contributed by atoms with Crippen molar-refractivity contribution in [1.82, 2.24) is 9.97 Å². The first-order valence-corrected chi connectivity index (χ1v) is 11.1. The summed E-state index contributed by atoms with van der Waals surface area (Å²) in [6.45, 7) is 4.38. The maximum absolute atomic E-state index is 11.7. The minimum atomic E-state index is -3.21. The van der Waals surface area contributed by atoms with Gasteiger partial charge in [-0.25, -0.2) is 13.4 Å². The molecule has 2 aromatic carbocycles. The highest BCUT2D eigenvalue weighted by atomic mass is 32.2. The van der Waals surface area contributed by atoms with E-state index < -0.39 is 9.84 Å². The van der Waals surface area contributed by atoms with Crippen LogP contribution in [-0.4, -0.2) is 24.6 Å². The van der Waals surface area contributed by atoms with Crippen molar-refractivity contribution in [2.75, 3.05) is 23.0 Å². The van der Waals surface area contributed by atoms with Gasteiger partial charge in [0.05, 0.1) is 10.6 Å². The maximum Gasteiger partial charge on any atom is 0.222 e. The number of hydrogen-bond donors (Lipinski definition) is 3. The topological polar surface area (TPSA) is 124 Å². The van der Waals surface area contributed by atoms with Crippen molar-refractivity contribution in [2.45, 2.75) is 31.7 Å². The summed E-state index contributed by atoms with van der Waals surface area (Å²) in [5, 5.41) is 3.35. The average molecular weight is 412 g/mol. The monoisotopic (exact) mass is 411 g/mol. The quantitative estimate of drug-likeness (QED) is 0.569. The standard InChI is InChI=1S/C21H25N5O2S/c1-4-17-19(20(22)26-21(23)25-17)15-6-8-16(9-7-15)24-12-14-5-10-18(13(2)11-14)29(3,27)28/h5-11,24H,4,12H2,1-3H3,(H4,22,23,25,26). The SMILES string of the molecule is CCc1nc(N)nc(N)c1-c1ccc(NCc2ccc(S(C)(=O)=O)c(C)c2)cc1. The van der Waals surface area contributed by atoms with Crippen LogP contribution >= 0.6 is 0 Å². The van der Waals surface area contributed by atoms with E-state index >= 15 is 0 Å². The molecule has 0 aliphatic carbocycles. The minimum absolute atomic E-state index is 0.179. The van der Waals surface area contributed by atoms with Crippen molar-refractivity contribution in [3.05, 3.63) is 59.3 Å². The molecule has 3 aromatic rings. The molecule has 5 N–H and O–H groups in total. The first kappa shape index (κ1) is 20.6. The van der Waals surface area contributed by atoms with Gasteiger partial charge in [0.2, 0.25) is 5.95 Å². The Morgan fingerprint density at radius 3 is 2.31 bits per heavy atom. The number of nitrogens with two attached hydrogens (primary N) is 2. The summed E-state index contributed by atoms with van der Waals surface area (Å²) >= 11 is 0. The summed E-state index contributed by atoms with van der Waals surface area (Å²) in [5.41, 5.74) is 17.0. The highest BCUT2D eigenvalue weighted by Gasteiger charge is 2.13. The van der Waals surface area contributed by atoms with Gasteiger partial charge in [-0.1, -0.05) is 31.2 Å². The van der Waals surface area contributed by atoms with Crippen molar-refractivity contribution < 1.29 is 8.42 Å². The highest BCUT2D eigenvalue weighted by molar-refractivity contribution is 7.90. The number of rotatable bonds is 6. The van der Waals surface area contributed by atoms with E-state index in [0.717, 1.165) is 33.6 Å². The second-order valence-corrected chi connectivity index (χ2v) is 8.93. The number of nitrogens with zero attached hydrogens (tertiary/aromatic N) is 2. The van der Waals surface area contributed by atoms with E-state index in [1.165, 1.54) is 6.26 Å². The molecule has 0 spiro atoms. The summed E-state index contributed by atoms with van der Waals surface area (Å²) in [4.78, 5) is 8.73. The molecule has 1 aromatic heterocycles. The van der Waals surface area contributed by atoms with Gasteiger partial charge in [-0.2, -0.15) is 4.98 Å². The molecule has 7 nitrogen and oxygen atoms in total. The molecule has 1 heterocycles. The van der Waals surface area contributed by atoms with Crippen LogP contribution in [0.2, 0.25) is 0 Å². The molecule has 0 bridgehead atoms. The molecule has 3 rings (SSSR count). The third-order valence-corrected chi connectivity index (χ3v) is 5.93. The van der Waals surface area contributed by atoms with Gasteiger partial charge in [0.15, 0.2) is 9.84 Å². The van der Waals surface area contributed by atoms with Crippen LogP contribution in [0.1, 0.15) is 23.7 Å². The fourth-order valence-corrected chi connectivity index (χ4v) is 4.27. The van der Waals surface area contributed by atoms with Crippen molar-refractivity contribution >= 4 is 27.3 Å². The number of sulfone groups is 1. The Labute approximate surface area is 171 Å². The number of nitrogens with one attached hydrogen (secondary N) is 1. The van der Waals surface area contributed by atoms with E-state index in [9.17, 15) is 8.42 Å². The molecule has 29 heavy (non-hydrogen) atoms. The van der Waals surface area contributed by atoms with Crippen LogP contribution < -0.4 is 16.8 Å². The number of aryl methyl sites for hydroxylation is 2. The lowest BCUT2D eigenvalue weighted by molar-refractivity contribution is 0.601. The van der Waals surface area contributed by atoms with E-state index in [1.807, 2.05) is 43.3 Å². The average Bonchev–Trinajstić information content (AvgIpc) is 2.65. The molecule has 0 fully saturated rings. The molecule has 0 aliphatic rings. The van der Waals surface area contributed by atoms with Crippen LogP contribution in [-0.2, 0) is 22.8 Å². The van der Waals surface area contributed by atoms with E-state index in [2.05, 4.69) is 15.3 Å². The molecule has 0 unspecified atom stereocenters. The lowest BCUT2D eigenvalue weighted by atomic mass is 10.0. The summed E-state index contributed by atoms with van der Waals surface area (Å²) in [6.07, 6.45) is 1.92. The van der Waals surface area contributed by atoms with Crippen LogP contribution in [0.15, 0.2) is 47.4 Å². The van der Waals surface area contributed by atoms with Gasteiger partial charge in [0, 0.05) is 24.1 Å². The fourth-order valence-electron chi connectivity index (χ4n) is 3.31. The van der Waals surface area contributed by atoms with Gasteiger partial charge < -0.3 is 16.8 Å². The molecule has 0 amide bonds. The second-order valence-electron chi connectivity index (χ2n) is 6.95. The van der Waals surface area contributed by atoms with Gasteiger partial charge in [-0.3, -0.25) is 0 Å². The zero-order chi connectivity index (χ0) is 21.2. The molecular formula is C21H25N5O2S. The smallest absolute Gasteiger partial charge is 0.222 e. The number of aromatic nitrogens is 2. The van der Waals surface area contributed by atoms with Crippen molar-refractivity contribution in [3.8, 4) is 11.1 Å². The van der Waals surface area contributed by atoms with Crippen molar-refractivity contribution in [2.24, 2.45) is 0 Å². The lowest BCUT2D eigenvalue weighted by Gasteiger charge is -2.13. The van der Waals surface area contributed by atoms with Crippen LogP contribution in [0, 0.1) is 6.92 Å². The zero-order valence-corrected chi connectivity index (χ0v) is 17.5. The molecule has 8 heteroatoms. The Bertz CT molecular complexity index is 1140. The first-order valence-electron chi connectivity index (χ1n) is 9.24. The predicted molar refractivity (Wildman–Crippen MR) is 117 cm³/mol. The van der Waals surface area contributed by atoms with Crippen LogP contribution in [0.25, 0.3) is 11.1 Å². The third kappa shape index (κ3) is 4.65. The van der Waals surface area contributed by atoms with E-state index in [4.69, 9.17) is 11.5 Å². The molecule has 0 radical (unpaired) electrons. The number of nitrogen functional groups attached to an aromatic ring is 2. The number of benzene rings is 2. The lowest BCUT2D eigenvalue weighted by Crippen LogP contribution is -2.06. The Hall–Kier alpha value is -3.13. The molecule has 0 saturated carbocycles. The van der Waals surface area contributed by atoms with Crippen LogP contribution in [0.3, 0.4) is 0 Å². The van der Waals surface area contributed by atoms with Gasteiger partial charge in [0.25, 0.3) is 0 Å². The van der Waals surface area contributed by atoms with Crippen molar-refractivity contribution in [3.63, 3.8) is 0 Å². The van der Waals surface area contributed by atoms with Crippen molar-refractivity contribution in [1.29, 1.82) is 0 Å². The normalized spacial score (nSPS) is 11.4. The van der Waals surface area contributed by atoms with E-state index in [1.54, 1.807) is 13.0 Å². The molecule has 0 aliphatic heterocycles. The Kier molecular flexibility index (Phi) is 5.74. The molecule has 0 atom stereocenters. The van der Waals surface area contributed by atoms with Gasteiger partial charge in [0.1, 0.15) is 5.82 Å². The summed E-state index contributed by atoms with van der Waals surface area (Å²) in [6, 6.07) is 13.2. The Morgan fingerprint density at radius 2 is 1.72 bits per heavy atom. The van der Waals surface area contributed by atoms with Gasteiger partial charge >= 0.3 is 0 Å². The summed E-state index contributed by atoms with van der Waals surface area (Å²) < 4.78 is 23.5. The third-order valence-electron chi connectivity index (χ3n) is 4.67. The fraction of sp³-hybridized carbons (Fsp3) is 0.238. The molecular weight excluding hydrogens is 386 g/mol. The zero-order valence-electron chi connectivity index (χ0n) is 16.7. The molecule has 152 valence electrons. The van der Waals surface area contributed by atoms with E-state index in [0.29, 0.717) is 23.7 Å². The summed E-state index contributed by atoms with van der Waals surface area (Å²) in [7, 11) is -3.21. The predicted octanol–water partition coefficient (Wildman–Crippen LogP) is 3.19. The van der Waals surface area contributed by atoms with Crippen LogP contribution in [0.4, 0.5) is 17.5 Å². The maximum atomic E-state index is 11.7. The number of anilines is 3. The number of hydrogen-bond acceptors (Lipinski definition) is 7. The van der Waals surface area contributed by atoms with Gasteiger partial charge in [-0.05, 0) is 48.2 Å². The highest BCUT2D eigenvalue weighted by Crippen LogP contribution is 2.29. The summed E-state index contributed by atoms with van der Waals surface area (Å²) in [5.74, 6) is 0.551. The first-order chi connectivity index (χ1) is 13.7. The molecule has 0 saturated heterocycles. The largest absolute Gasteiger partial charge is 0.383 e. The van der Waals surface area contributed by atoms with Gasteiger partial charge in [-0.15, -0.1) is 0 Å². The second kappa shape index (κ2) is 8.08.